The van der Waals surface area contributed by atoms with E-state index in [0.717, 1.165) is 11.4 Å². The van der Waals surface area contributed by atoms with E-state index in [4.69, 9.17) is 4.74 Å². The Bertz CT molecular complexity index is 593. The van der Waals surface area contributed by atoms with Crippen molar-refractivity contribution >= 4 is 0 Å². The van der Waals surface area contributed by atoms with Gasteiger partial charge in [-0.2, -0.15) is 5.10 Å². The van der Waals surface area contributed by atoms with E-state index < -0.39 is 0 Å². The van der Waals surface area contributed by atoms with Crippen LogP contribution in [0, 0.1) is 0 Å². The Morgan fingerprint density at radius 3 is 2.29 bits per heavy atom. The first kappa shape index (κ1) is 15.6. The summed E-state index contributed by atoms with van der Waals surface area (Å²) in [5, 5.41) is 7.64. The molecule has 114 valence electrons. The van der Waals surface area contributed by atoms with Gasteiger partial charge in [0, 0.05) is 7.05 Å². The number of rotatable bonds is 4. The Labute approximate surface area is 127 Å². The monoisotopic (exact) mass is 287 g/mol. The summed E-state index contributed by atoms with van der Waals surface area (Å²) in [4.78, 5) is 0. The van der Waals surface area contributed by atoms with Crippen LogP contribution in [0.15, 0.2) is 30.5 Å². The van der Waals surface area contributed by atoms with Crippen LogP contribution in [-0.2, 0) is 12.5 Å². The van der Waals surface area contributed by atoms with E-state index in [2.05, 4.69) is 55.5 Å². The van der Waals surface area contributed by atoms with Crippen molar-refractivity contribution in [3.05, 3.63) is 47.3 Å². The molecule has 0 radical (unpaired) electrons. The third kappa shape index (κ3) is 3.10. The summed E-state index contributed by atoms with van der Waals surface area (Å²) in [5.41, 5.74) is 3.73. The van der Waals surface area contributed by atoms with Gasteiger partial charge >= 0.3 is 0 Å². The van der Waals surface area contributed by atoms with Gasteiger partial charge in [0.05, 0.1) is 19.3 Å². The van der Waals surface area contributed by atoms with Gasteiger partial charge in [0.25, 0.3) is 0 Å². The molecule has 1 aromatic carbocycles. The van der Waals surface area contributed by atoms with Crippen molar-refractivity contribution in [1.82, 2.24) is 15.1 Å². The van der Waals surface area contributed by atoms with Crippen molar-refractivity contribution < 1.29 is 4.74 Å². The highest BCUT2D eigenvalue weighted by atomic mass is 16.5. The predicted molar refractivity (Wildman–Crippen MR) is 85.8 cm³/mol. The van der Waals surface area contributed by atoms with E-state index in [1.165, 1.54) is 11.1 Å². The third-order valence-corrected chi connectivity index (χ3v) is 3.84. The number of ether oxygens (including phenoxy) is 1. The number of aromatic nitrogens is 2. The predicted octanol–water partition coefficient (Wildman–Crippen LogP) is 3.04. The molecule has 0 aliphatic heterocycles. The van der Waals surface area contributed by atoms with Crippen LogP contribution in [-0.4, -0.2) is 23.9 Å². The molecule has 1 unspecified atom stereocenters. The van der Waals surface area contributed by atoms with E-state index in [0.29, 0.717) is 0 Å². The van der Waals surface area contributed by atoms with Crippen LogP contribution in [0.5, 0.6) is 5.75 Å². The van der Waals surface area contributed by atoms with Crippen molar-refractivity contribution in [3.63, 3.8) is 0 Å². The third-order valence-electron chi connectivity index (χ3n) is 3.84. The minimum absolute atomic E-state index is 0.0569. The summed E-state index contributed by atoms with van der Waals surface area (Å²) in [6.45, 7) is 6.67. The molecule has 2 rings (SSSR count). The highest BCUT2D eigenvalue weighted by Gasteiger charge is 2.22. The zero-order valence-corrected chi connectivity index (χ0v) is 13.8. The number of hydrogen-bond acceptors (Lipinski definition) is 3. The second-order valence-corrected chi connectivity index (χ2v) is 6.32. The summed E-state index contributed by atoms with van der Waals surface area (Å²) in [6.07, 6.45) is 1.75. The zero-order valence-electron chi connectivity index (χ0n) is 13.8. The van der Waals surface area contributed by atoms with Crippen LogP contribution in [0.4, 0.5) is 0 Å². The van der Waals surface area contributed by atoms with Crippen molar-refractivity contribution in [2.45, 2.75) is 32.2 Å². The fourth-order valence-electron chi connectivity index (χ4n) is 2.55. The standard InChI is InChI=1S/C17H25N3O/c1-17(2,3)13-9-7-12(8-10-13)15(18-4)16-14(21-6)11-19-20(16)5/h7-11,15,18H,1-6H3. The first-order valence-electron chi connectivity index (χ1n) is 7.22. The lowest BCUT2D eigenvalue weighted by molar-refractivity contribution is 0.402. The minimum Gasteiger partial charge on any atom is -0.493 e. The molecule has 0 fully saturated rings. The Balaban J connectivity index is 2.40. The lowest BCUT2D eigenvalue weighted by Gasteiger charge is -2.22. The fourth-order valence-corrected chi connectivity index (χ4v) is 2.55. The Morgan fingerprint density at radius 1 is 1.19 bits per heavy atom. The molecule has 0 aliphatic carbocycles. The average molecular weight is 287 g/mol. The van der Waals surface area contributed by atoms with Crippen LogP contribution in [0.1, 0.15) is 43.6 Å². The molecule has 0 saturated carbocycles. The summed E-state index contributed by atoms with van der Waals surface area (Å²) < 4.78 is 7.28. The molecule has 1 aromatic heterocycles. The van der Waals surface area contributed by atoms with Crippen LogP contribution in [0.3, 0.4) is 0 Å². The van der Waals surface area contributed by atoms with Gasteiger partial charge in [-0.1, -0.05) is 45.0 Å². The fraction of sp³-hybridized carbons (Fsp3) is 0.471. The number of aryl methyl sites for hydroxylation is 1. The Morgan fingerprint density at radius 2 is 1.81 bits per heavy atom. The maximum absolute atomic E-state index is 5.43. The molecule has 0 bridgehead atoms. The topological polar surface area (TPSA) is 39.1 Å². The van der Waals surface area contributed by atoms with E-state index in [1.807, 2.05) is 18.8 Å². The largest absolute Gasteiger partial charge is 0.493 e. The van der Waals surface area contributed by atoms with E-state index in [-0.39, 0.29) is 11.5 Å². The average Bonchev–Trinajstić information content (AvgIpc) is 2.81. The molecule has 4 nitrogen and oxygen atoms in total. The van der Waals surface area contributed by atoms with Crippen LogP contribution in [0.2, 0.25) is 0 Å². The second kappa shape index (κ2) is 5.90. The molecule has 1 N–H and O–H groups in total. The van der Waals surface area contributed by atoms with E-state index >= 15 is 0 Å². The smallest absolute Gasteiger partial charge is 0.161 e. The lowest BCUT2D eigenvalue weighted by Crippen LogP contribution is -2.21. The maximum atomic E-state index is 5.43. The van der Waals surface area contributed by atoms with Crippen LogP contribution < -0.4 is 10.1 Å². The number of nitrogens with one attached hydrogen (secondary N) is 1. The van der Waals surface area contributed by atoms with Gasteiger partial charge in [-0.05, 0) is 23.6 Å². The SMILES string of the molecule is CNC(c1ccc(C(C)(C)C)cc1)c1c(OC)cnn1C. The van der Waals surface area contributed by atoms with Crippen LogP contribution in [0.25, 0.3) is 0 Å². The molecule has 0 saturated heterocycles. The Hall–Kier alpha value is -1.81. The van der Waals surface area contributed by atoms with Gasteiger partial charge in [-0.3, -0.25) is 4.68 Å². The van der Waals surface area contributed by atoms with Gasteiger partial charge in [0.1, 0.15) is 5.69 Å². The molecular weight excluding hydrogens is 262 g/mol. The van der Waals surface area contributed by atoms with Gasteiger partial charge < -0.3 is 10.1 Å². The summed E-state index contributed by atoms with van der Waals surface area (Å²) in [5.74, 6) is 0.803. The van der Waals surface area contributed by atoms with Gasteiger partial charge in [-0.15, -0.1) is 0 Å². The molecule has 2 aromatic rings. The molecule has 0 spiro atoms. The molecular formula is C17H25N3O. The van der Waals surface area contributed by atoms with E-state index in [1.54, 1.807) is 13.3 Å². The summed E-state index contributed by atoms with van der Waals surface area (Å²) in [6, 6.07) is 8.80. The molecule has 0 amide bonds. The van der Waals surface area contributed by atoms with Crippen LogP contribution >= 0.6 is 0 Å². The van der Waals surface area contributed by atoms with Crippen molar-refractivity contribution in [3.8, 4) is 5.75 Å². The van der Waals surface area contributed by atoms with Crippen molar-refractivity contribution in [1.29, 1.82) is 0 Å². The summed E-state index contributed by atoms with van der Waals surface area (Å²) >= 11 is 0. The quantitative estimate of drug-likeness (QED) is 0.939. The van der Waals surface area contributed by atoms with Gasteiger partial charge in [0.15, 0.2) is 5.75 Å². The zero-order chi connectivity index (χ0) is 15.6. The van der Waals surface area contributed by atoms with Gasteiger partial charge in [0.2, 0.25) is 0 Å². The first-order valence-corrected chi connectivity index (χ1v) is 7.22. The minimum atomic E-state index is 0.0569. The molecule has 1 atom stereocenters. The number of benzene rings is 1. The number of methoxy groups -OCH3 is 1. The lowest BCUT2D eigenvalue weighted by atomic mass is 9.86. The second-order valence-electron chi connectivity index (χ2n) is 6.32. The highest BCUT2D eigenvalue weighted by Crippen LogP contribution is 2.30. The van der Waals surface area contributed by atoms with Gasteiger partial charge in [-0.25, -0.2) is 0 Å². The first-order chi connectivity index (χ1) is 9.88. The molecule has 4 heteroatoms. The maximum Gasteiger partial charge on any atom is 0.161 e. The number of nitrogens with zero attached hydrogens (tertiary/aromatic N) is 2. The highest BCUT2D eigenvalue weighted by molar-refractivity contribution is 5.38. The Kier molecular flexibility index (Phi) is 4.37. The molecule has 1 heterocycles. The van der Waals surface area contributed by atoms with E-state index in [9.17, 15) is 0 Å². The number of hydrogen-bond donors (Lipinski definition) is 1. The van der Waals surface area contributed by atoms with Crippen molar-refractivity contribution in [2.24, 2.45) is 7.05 Å². The molecule has 21 heavy (non-hydrogen) atoms. The normalized spacial score (nSPS) is 13.2. The summed E-state index contributed by atoms with van der Waals surface area (Å²) in [7, 11) is 5.57. The molecule has 0 aliphatic rings. The van der Waals surface area contributed by atoms with Crippen molar-refractivity contribution in [2.75, 3.05) is 14.2 Å².